The maximum Gasteiger partial charge on any atom is 0.219 e. The molecule has 10 heteroatoms. The van der Waals surface area contributed by atoms with Gasteiger partial charge in [-0.2, -0.15) is 0 Å². The molecule has 1 aromatic heterocycles. The highest BCUT2D eigenvalue weighted by Gasteiger charge is 2.45. The fourth-order valence-corrected chi connectivity index (χ4v) is 5.04. The molecule has 0 unspecified atom stereocenters. The van der Waals surface area contributed by atoms with Crippen molar-refractivity contribution in [2.75, 3.05) is 44.3 Å². The average Bonchev–Trinajstić information content (AvgIpc) is 3.57. The summed E-state index contributed by atoms with van der Waals surface area (Å²) >= 11 is 12.6. The largest absolute Gasteiger partial charge is 0.491 e. The second-order valence-corrected chi connectivity index (χ2v) is 9.59. The summed E-state index contributed by atoms with van der Waals surface area (Å²) in [5.41, 5.74) is 1.65. The lowest BCUT2D eigenvalue weighted by atomic mass is 10.1. The zero-order valence-electron chi connectivity index (χ0n) is 22.5. The fourth-order valence-electron chi connectivity index (χ4n) is 4.49. The van der Waals surface area contributed by atoms with Crippen LogP contribution in [0.5, 0.6) is 5.75 Å². The molecule has 2 aliphatic rings. The van der Waals surface area contributed by atoms with Gasteiger partial charge in [-0.1, -0.05) is 29.3 Å². The van der Waals surface area contributed by atoms with E-state index >= 15 is 0 Å². The minimum atomic E-state index is -2.60. The number of hydrogen-bond donors (Lipinski definition) is 0. The van der Waals surface area contributed by atoms with Crippen molar-refractivity contribution in [1.82, 2.24) is 14.5 Å². The number of ether oxygens (including phenoxy) is 3. The maximum absolute atomic E-state index is 12.0. The summed E-state index contributed by atoms with van der Waals surface area (Å²) in [7, 11) is 0. The Kier molecular flexibility index (Phi) is 6.33. The van der Waals surface area contributed by atoms with Crippen molar-refractivity contribution in [3.8, 4) is 5.75 Å². The van der Waals surface area contributed by atoms with Gasteiger partial charge in [-0.25, -0.2) is 4.98 Å². The third kappa shape index (κ3) is 5.47. The molecular formula is C26H28Cl2N4O4. The van der Waals surface area contributed by atoms with Gasteiger partial charge in [-0.15, -0.1) is 0 Å². The average molecular weight is 534 g/mol. The Morgan fingerprint density at radius 3 is 2.69 bits per heavy atom. The Morgan fingerprint density at radius 1 is 1.19 bits per heavy atom. The first-order valence-corrected chi connectivity index (χ1v) is 12.4. The molecule has 0 N–H and O–H groups in total. The highest BCUT2D eigenvalue weighted by atomic mass is 35.5. The Balaban J connectivity index is 1.19. The Morgan fingerprint density at radius 2 is 2.00 bits per heavy atom. The molecule has 190 valence electrons. The molecule has 0 bridgehead atoms. The van der Waals surface area contributed by atoms with Crippen LogP contribution in [0.4, 0.5) is 5.69 Å². The number of amides is 1. The molecular weight excluding hydrogens is 503 g/mol. The quantitative estimate of drug-likeness (QED) is 0.453. The topological polar surface area (TPSA) is 69.1 Å². The monoisotopic (exact) mass is 533 g/mol. The van der Waals surface area contributed by atoms with Crippen molar-refractivity contribution in [3.63, 3.8) is 0 Å². The number of imidazole rings is 1. The molecule has 3 heterocycles. The third-order valence-electron chi connectivity index (χ3n) is 6.36. The second kappa shape index (κ2) is 10.7. The number of anilines is 1. The molecule has 2 atom stereocenters. The first-order valence-electron chi connectivity index (χ1n) is 13.1. The summed E-state index contributed by atoms with van der Waals surface area (Å²) < 4.78 is 42.5. The van der Waals surface area contributed by atoms with E-state index in [1.165, 1.54) is 4.90 Å². The lowest BCUT2D eigenvalue weighted by Gasteiger charge is -2.35. The molecule has 36 heavy (non-hydrogen) atoms. The van der Waals surface area contributed by atoms with Crippen molar-refractivity contribution in [2.45, 2.75) is 25.3 Å². The van der Waals surface area contributed by atoms with E-state index in [4.69, 9.17) is 41.5 Å². The number of nitrogens with zero attached hydrogens (tertiary/aromatic N) is 4. The van der Waals surface area contributed by atoms with Gasteiger partial charge in [-0.3, -0.25) is 4.79 Å². The number of piperazine rings is 1. The number of rotatable bonds is 7. The lowest BCUT2D eigenvalue weighted by molar-refractivity contribution is -0.189. The molecule has 1 amide bonds. The molecule has 5 rings (SSSR count). The van der Waals surface area contributed by atoms with Crippen LogP contribution in [0.1, 0.15) is 16.5 Å². The van der Waals surface area contributed by atoms with Crippen LogP contribution in [-0.2, 0) is 26.6 Å². The van der Waals surface area contributed by atoms with Gasteiger partial charge < -0.3 is 28.6 Å². The van der Waals surface area contributed by atoms with Gasteiger partial charge in [-0.05, 0) is 36.4 Å². The van der Waals surface area contributed by atoms with Gasteiger partial charge in [0.05, 0.1) is 24.5 Å². The zero-order valence-corrected chi connectivity index (χ0v) is 21.0. The number of benzene rings is 2. The van der Waals surface area contributed by atoms with Crippen LogP contribution in [-0.4, -0.2) is 65.9 Å². The van der Waals surface area contributed by atoms with Gasteiger partial charge in [0.25, 0.3) is 0 Å². The van der Waals surface area contributed by atoms with E-state index in [0.29, 0.717) is 60.7 Å². The SMILES string of the molecule is [2H]C([2H])([2H])C(=O)N1CCN(c2ccc(OC[C@H]3CO[C@](Cn4ccnc4)(c4ccc(Cl)cc4Cl)O3)cc2)CC1. The second-order valence-electron chi connectivity index (χ2n) is 8.75. The zero-order chi connectivity index (χ0) is 27.6. The van der Waals surface area contributed by atoms with Crippen LogP contribution in [0.3, 0.4) is 0 Å². The van der Waals surface area contributed by atoms with Gasteiger partial charge in [0, 0.05) is 65.8 Å². The van der Waals surface area contributed by atoms with Crippen molar-refractivity contribution in [3.05, 3.63) is 76.8 Å². The van der Waals surface area contributed by atoms with E-state index in [9.17, 15) is 4.79 Å². The van der Waals surface area contributed by atoms with Crippen molar-refractivity contribution < 1.29 is 23.1 Å². The maximum atomic E-state index is 12.0. The van der Waals surface area contributed by atoms with Crippen LogP contribution in [0, 0.1) is 0 Å². The normalized spacial score (nSPS) is 23.7. The Labute approximate surface area is 224 Å². The molecule has 2 aromatic carbocycles. The number of carbonyl (C=O) groups is 1. The smallest absolute Gasteiger partial charge is 0.219 e. The van der Waals surface area contributed by atoms with Crippen LogP contribution in [0.15, 0.2) is 61.2 Å². The van der Waals surface area contributed by atoms with Crippen LogP contribution < -0.4 is 9.64 Å². The predicted molar refractivity (Wildman–Crippen MR) is 138 cm³/mol. The molecule has 0 spiro atoms. The Hall–Kier alpha value is -2.78. The number of carbonyl (C=O) groups excluding carboxylic acids is 1. The first kappa shape index (κ1) is 21.3. The van der Waals surface area contributed by atoms with Crippen LogP contribution in [0.25, 0.3) is 0 Å². The van der Waals surface area contributed by atoms with Crippen LogP contribution in [0.2, 0.25) is 10.0 Å². The summed E-state index contributed by atoms with van der Waals surface area (Å²) in [5, 5.41) is 0.970. The molecule has 2 aliphatic heterocycles. The summed E-state index contributed by atoms with van der Waals surface area (Å²) in [5.74, 6) is -1.24. The summed E-state index contributed by atoms with van der Waals surface area (Å²) in [6, 6.07) is 12.9. The lowest BCUT2D eigenvalue weighted by Crippen LogP contribution is -2.48. The molecule has 0 radical (unpaired) electrons. The van der Waals surface area contributed by atoms with Gasteiger partial charge >= 0.3 is 0 Å². The van der Waals surface area contributed by atoms with Crippen LogP contribution >= 0.6 is 23.2 Å². The molecule has 0 saturated carbocycles. The van der Waals surface area contributed by atoms with E-state index in [2.05, 4.69) is 9.88 Å². The van der Waals surface area contributed by atoms with Gasteiger partial charge in [0.15, 0.2) is 0 Å². The molecule has 2 fully saturated rings. The molecule has 8 nitrogen and oxygen atoms in total. The van der Waals surface area contributed by atoms with E-state index in [-0.39, 0.29) is 12.7 Å². The number of halogens is 2. The molecule has 3 aromatic rings. The Bertz CT molecular complexity index is 1290. The summed E-state index contributed by atoms with van der Waals surface area (Å²) in [6.45, 7) is 0.181. The predicted octanol–water partition coefficient (Wildman–Crippen LogP) is 4.21. The minimum absolute atomic E-state index is 0.270. The van der Waals surface area contributed by atoms with Crippen molar-refractivity contribution >= 4 is 34.8 Å². The summed E-state index contributed by atoms with van der Waals surface area (Å²) in [6.07, 6.45) is 4.86. The fraction of sp³-hybridized carbons (Fsp3) is 0.385. The minimum Gasteiger partial charge on any atom is -0.491 e. The van der Waals surface area contributed by atoms with E-state index < -0.39 is 18.5 Å². The number of hydrogen-bond acceptors (Lipinski definition) is 6. The van der Waals surface area contributed by atoms with E-state index in [1.807, 2.05) is 41.1 Å². The standard InChI is InChI=1S/C26H28Cl2N4O4/c1-19(33)31-10-12-32(13-11-31)21-3-5-22(6-4-21)34-15-23-16-35-26(36-23,17-30-9-8-29-18-30)24-7-2-20(27)14-25(24)28/h2-9,14,18,23H,10-13,15-17H2,1H3/t23-,26-/m0/s1/i1D3. The van der Waals surface area contributed by atoms with Gasteiger partial charge in [0.2, 0.25) is 11.7 Å². The number of aromatic nitrogens is 2. The highest BCUT2D eigenvalue weighted by molar-refractivity contribution is 6.35. The first-order chi connectivity index (χ1) is 18.6. The van der Waals surface area contributed by atoms with Crippen molar-refractivity contribution in [1.29, 1.82) is 0 Å². The van der Waals surface area contributed by atoms with Crippen molar-refractivity contribution in [2.24, 2.45) is 0 Å². The van der Waals surface area contributed by atoms with Gasteiger partial charge in [0.1, 0.15) is 18.5 Å². The molecule has 0 aliphatic carbocycles. The van der Waals surface area contributed by atoms with E-state index in [1.54, 1.807) is 24.7 Å². The highest BCUT2D eigenvalue weighted by Crippen LogP contribution is 2.40. The molecule has 2 saturated heterocycles. The third-order valence-corrected chi connectivity index (χ3v) is 6.90. The van der Waals surface area contributed by atoms with E-state index in [0.717, 1.165) is 5.69 Å². The summed E-state index contributed by atoms with van der Waals surface area (Å²) in [4.78, 5) is 19.6.